The van der Waals surface area contributed by atoms with Gasteiger partial charge in [0, 0.05) is 10.3 Å². The molecule has 0 spiro atoms. The molecule has 0 radical (unpaired) electrons. The average Bonchev–Trinajstić information content (AvgIpc) is 2.82. The normalized spacial score (nSPS) is 10.6. The fourth-order valence-electron chi connectivity index (χ4n) is 2.70. The Morgan fingerprint density at radius 1 is 0.677 bits per heavy atom. The lowest BCUT2D eigenvalue weighted by Crippen LogP contribution is -1.85. The predicted molar refractivity (Wildman–Crippen MR) is 131 cm³/mol. The third kappa shape index (κ3) is 6.60. The fraction of sp³-hybridized carbons (Fsp3) is 0. The molecule has 0 heterocycles. The van der Waals surface area contributed by atoms with Crippen LogP contribution in [0.2, 0.25) is 0 Å². The Kier molecular flexibility index (Phi) is 8.10. The number of benzene rings is 3. The van der Waals surface area contributed by atoms with E-state index in [0.717, 1.165) is 38.9 Å². The lowest BCUT2D eigenvalue weighted by atomic mass is 10.0. The van der Waals surface area contributed by atoms with Gasteiger partial charge in [-0.15, -0.1) is 0 Å². The first-order valence-corrected chi connectivity index (χ1v) is 11.1. The topological polar surface area (TPSA) is 43.4 Å². The third-order valence-electron chi connectivity index (χ3n) is 4.26. The summed E-state index contributed by atoms with van der Waals surface area (Å²) in [5.74, 6) is 0.691. The lowest BCUT2D eigenvalue weighted by molar-refractivity contribution is -0.107. The first-order valence-electron chi connectivity index (χ1n) is 9.39. The number of hydrogen-bond donors (Lipinski definition) is 0. The highest BCUT2D eigenvalue weighted by Crippen LogP contribution is 2.28. The van der Waals surface area contributed by atoms with Crippen molar-refractivity contribution in [1.29, 1.82) is 0 Å². The van der Waals surface area contributed by atoms with Gasteiger partial charge in [0.1, 0.15) is 5.75 Å². The number of thioether (sulfide) groups is 2. The molecule has 0 atom stereocenters. The minimum atomic E-state index is -0.128. The molecule has 0 aliphatic heterocycles. The van der Waals surface area contributed by atoms with Crippen LogP contribution in [0.25, 0.3) is 22.3 Å². The van der Waals surface area contributed by atoms with Crippen LogP contribution in [0.4, 0.5) is 0 Å². The molecule has 3 aromatic carbocycles. The lowest BCUT2D eigenvalue weighted by Gasteiger charge is -2.07. The maximum atomic E-state index is 11.4. The van der Waals surface area contributed by atoms with Gasteiger partial charge in [-0.05, 0) is 70.4 Å². The molecule has 154 valence electrons. The molecule has 0 saturated heterocycles. The summed E-state index contributed by atoms with van der Waals surface area (Å²) in [6.45, 7) is 6.90. The second-order valence-electron chi connectivity index (χ2n) is 6.28. The Labute approximate surface area is 190 Å². The summed E-state index contributed by atoms with van der Waals surface area (Å²) in [7, 11) is 0. The monoisotopic (exact) mass is 444 g/mol. The van der Waals surface area contributed by atoms with Gasteiger partial charge in [0.2, 0.25) is 10.2 Å². The summed E-state index contributed by atoms with van der Waals surface area (Å²) in [6, 6.07) is 23.9. The predicted octanol–water partition coefficient (Wildman–Crippen LogP) is 7.12. The van der Waals surface area contributed by atoms with Crippen LogP contribution in [0.5, 0.6) is 5.75 Å². The van der Waals surface area contributed by atoms with E-state index in [9.17, 15) is 9.59 Å². The second kappa shape index (κ2) is 11.2. The van der Waals surface area contributed by atoms with E-state index in [2.05, 4.69) is 37.4 Å². The van der Waals surface area contributed by atoms with Gasteiger partial charge >= 0.3 is 0 Å². The molecule has 0 aliphatic carbocycles. The molecule has 31 heavy (non-hydrogen) atoms. The van der Waals surface area contributed by atoms with E-state index in [-0.39, 0.29) is 10.2 Å². The van der Waals surface area contributed by atoms with E-state index in [1.165, 1.54) is 30.2 Å². The summed E-state index contributed by atoms with van der Waals surface area (Å²) >= 11 is 2.18. The molecule has 0 aliphatic rings. The maximum absolute atomic E-state index is 11.4. The van der Waals surface area contributed by atoms with Crippen molar-refractivity contribution in [3.63, 3.8) is 0 Å². The van der Waals surface area contributed by atoms with Gasteiger partial charge in [0.15, 0.2) is 0 Å². The Hall–Kier alpha value is -3.28. The van der Waals surface area contributed by atoms with Crippen LogP contribution in [0.1, 0.15) is 0 Å². The first kappa shape index (κ1) is 22.4. The summed E-state index contributed by atoms with van der Waals surface area (Å²) in [5.41, 5.74) is 4.37. The van der Waals surface area contributed by atoms with Crippen LogP contribution in [0, 0.1) is 0 Å². The van der Waals surface area contributed by atoms with Crippen molar-refractivity contribution in [2.75, 3.05) is 0 Å². The summed E-state index contributed by atoms with van der Waals surface area (Å²) in [4.78, 5) is 23.5. The van der Waals surface area contributed by atoms with E-state index < -0.39 is 0 Å². The zero-order valence-electron chi connectivity index (χ0n) is 16.7. The van der Waals surface area contributed by atoms with Crippen LogP contribution in [-0.4, -0.2) is 10.2 Å². The number of rotatable bonds is 8. The van der Waals surface area contributed by atoms with E-state index in [1.54, 1.807) is 5.41 Å². The summed E-state index contributed by atoms with van der Waals surface area (Å²) < 4.78 is 5.49. The highest BCUT2D eigenvalue weighted by atomic mass is 32.2. The number of ether oxygens (including phenoxy) is 1. The largest absolute Gasteiger partial charge is 0.464 e. The van der Waals surface area contributed by atoms with Crippen LogP contribution in [0.3, 0.4) is 0 Å². The SMILES string of the molecule is C=CC(=O)S/C=C\Oc1ccc(-c2ccc(-c3ccc(SC(=O)C=C)cc3)cc2)cc1. The Morgan fingerprint density at radius 3 is 1.61 bits per heavy atom. The van der Waals surface area contributed by atoms with E-state index in [1.807, 2.05) is 48.5 Å². The standard InChI is InChI=1S/C26H20O3S2/c1-3-25(27)30-18-17-29-23-13-9-21(10-14-23)19-5-7-20(8-6-19)22-11-15-24(16-12-22)31-26(28)4-2/h3-18H,1-2H2/b18-17-. The Morgan fingerprint density at radius 2 is 1.13 bits per heavy atom. The van der Waals surface area contributed by atoms with Crippen LogP contribution in [0.15, 0.2) is 115 Å². The Balaban J connectivity index is 1.63. The van der Waals surface area contributed by atoms with Crippen molar-refractivity contribution >= 4 is 33.8 Å². The highest BCUT2D eigenvalue weighted by molar-refractivity contribution is 8.16. The first-order chi connectivity index (χ1) is 15.1. The minimum Gasteiger partial charge on any atom is -0.464 e. The van der Waals surface area contributed by atoms with Gasteiger partial charge < -0.3 is 4.74 Å². The smallest absolute Gasteiger partial charge is 0.216 e. The molecule has 0 N–H and O–H groups in total. The quantitative estimate of drug-likeness (QED) is 0.210. The van der Waals surface area contributed by atoms with Crippen LogP contribution < -0.4 is 4.74 Å². The molecule has 3 nitrogen and oxygen atoms in total. The van der Waals surface area contributed by atoms with Crippen molar-refractivity contribution in [2.24, 2.45) is 0 Å². The van der Waals surface area contributed by atoms with Gasteiger partial charge in [0.25, 0.3) is 0 Å². The zero-order valence-corrected chi connectivity index (χ0v) is 18.3. The molecule has 0 aromatic heterocycles. The van der Waals surface area contributed by atoms with Crippen LogP contribution >= 0.6 is 23.5 Å². The van der Waals surface area contributed by atoms with Gasteiger partial charge in [-0.1, -0.05) is 73.5 Å². The van der Waals surface area contributed by atoms with Gasteiger partial charge in [-0.25, -0.2) is 0 Å². The Bertz CT molecular complexity index is 1100. The molecule has 0 fully saturated rings. The molecular formula is C26H20O3S2. The molecule has 0 unspecified atom stereocenters. The van der Waals surface area contributed by atoms with Crippen molar-refractivity contribution in [3.05, 3.63) is 110 Å². The second-order valence-corrected chi connectivity index (χ2v) is 8.27. The minimum absolute atomic E-state index is 0.0637. The third-order valence-corrected chi connectivity index (χ3v) is 5.78. The van der Waals surface area contributed by atoms with Crippen molar-refractivity contribution in [2.45, 2.75) is 4.90 Å². The van der Waals surface area contributed by atoms with Gasteiger partial charge in [-0.3, -0.25) is 9.59 Å². The van der Waals surface area contributed by atoms with Gasteiger partial charge in [-0.2, -0.15) is 0 Å². The zero-order chi connectivity index (χ0) is 22.1. The van der Waals surface area contributed by atoms with E-state index in [4.69, 9.17) is 4.74 Å². The van der Waals surface area contributed by atoms with Crippen molar-refractivity contribution in [1.82, 2.24) is 0 Å². The fourth-order valence-corrected chi connectivity index (χ4v) is 3.63. The van der Waals surface area contributed by atoms with Crippen molar-refractivity contribution < 1.29 is 14.3 Å². The molecule has 3 rings (SSSR count). The molecule has 0 amide bonds. The van der Waals surface area contributed by atoms with Crippen molar-refractivity contribution in [3.8, 4) is 28.0 Å². The molecular weight excluding hydrogens is 424 g/mol. The number of carbonyl (C=O) groups is 2. The highest BCUT2D eigenvalue weighted by Gasteiger charge is 2.04. The maximum Gasteiger partial charge on any atom is 0.216 e. The molecule has 5 heteroatoms. The van der Waals surface area contributed by atoms with E-state index in [0.29, 0.717) is 5.75 Å². The van der Waals surface area contributed by atoms with Gasteiger partial charge in [0.05, 0.1) is 6.26 Å². The average molecular weight is 445 g/mol. The molecule has 3 aromatic rings. The summed E-state index contributed by atoms with van der Waals surface area (Å²) in [6.07, 6.45) is 4.06. The van der Waals surface area contributed by atoms with Crippen LogP contribution in [-0.2, 0) is 9.59 Å². The number of hydrogen-bond acceptors (Lipinski definition) is 5. The molecule has 0 saturated carbocycles. The molecule has 0 bridgehead atoms. The number of carbonyl (C=O) groups excluding carboxylic acids is 2. The van der Waals surface area contributed by atoms with E-state index >= 15 is 0 Å². The summed E-state index contributed by atoms with van der Waals surface area (Å²) in [5, 5.41) is 1.39.